The Labute approximate surface area is 207 Å². The molecule has 1 heterocycles. The van der Waals surface area contributed by atoms with Gasteiger partial charge in [-0.1, -0.05) is 12.1 Å². The van der Waals surface area contributed by atoms with E-state index in [9.17, 15) is 28.1 Å². The molecule has 0 saturated carbocycles. The number of aromatic nitrogens is 2. The third kappa shape index (κ3) is 7.85. The fourth-order valence-electron chi connectivity index (χ4n) is 2.95. The summed E-state index contributed by atoms with van der Waals surface area (Å²) >= 11 is 5.97. The van der Waals surface area contributed by atoms with Gasteiger partial charge in [0.25, 0.3) is 0 Å². The number of nitrogens with zero attached hydrogens (tertiary/aromatic N) is 3. The summed E-state index contributed by atoms with van der Waals surface area (Å²) in [4.78, 5) is 26.3. The molecule has 0 bridgehead atoms. The first-order chi connectivity index (χ1) is 17.0. The first kappa shape index (κ1) is 26.8. The van der Waals surface area contributed by atoms with Gasteiger partial charge in [0.1, 0.15) is 30.4 Å². The number of benzene rings is 2. The monoisotopic (exact) mass is 529 g/mol. The predicted molar refractivity (Wildman–Crippen MR) is 119 cm³/mol. The van der Waals surface area contributed by atoms with Gasteiger partial charge in [0.2, 0.25) is 0 Å². The van der Waals surface area contributed by atoms with Gasteiger partial charge in [0.15, 0.2) is 0 Å². The smallest absolute Gasteiger partial charge is 0.497 e. The predicted octanol–water partition coefficient (Wildman–Crippen LogP) is 4.79. The number of alkyl halides is 3. The Morgan fingerprint density at radius 3 is 2.33 bits per heavy atom. The molecule has 0 amide bonds. The maximum Gasteiger partial charge on any atom is 0.573 e. The minimum Gasteiger partial charge on any atom is -0.497 e. The highest BCUT2D eigenvalue weighted by Gasteiger charge is 2.31. The van der Waals surface area contributed by atoms with E-state index in [0.29, 0.717) is 11.3 Å². The molecule has 0 aliphatic heterocycles. The first-order valence-electron chi connectivity index (χ1n) is 10.2. The van der Waals surface area contributed by atoms with E-state index in [2.05, 4.69) is 9.72 Å². The second-order valence-corrected chi connectivity index (χ2v) is 7.57. The summed E-state index contributed by atoms with van der Waals surface area (Å²) in [5.74, 6) is -0.971. The van der Waals surface area contributed by atoms with Crippen LogP contribution in [0, 0.1) is 10.1 Å². The minimum atomic E-state index is -4.82. The number of halogens is 4. The Hall–Kier alpha value is -3.84. The number of hydrogen-bond acceptors (Lipinski definition) is 8. The summed E-state index contributed by atoms with van der Waals surface area (Å²) < 4.78 is 58.3. The number of esters is 1. The van der Waals surface area contributed by atoms with E-state index in [0.717, 1.165) is 18.3 Å². The zero-order valence-electron chi connectivity index (χ0n) is 18.6. The average molecular weight is 530 g/mol. The Bertz CT molecular complexity index is 1190. The maximum atomic E-state index is 12.4. The standard InChI is InChI=1S/C22H19ClF3N3O7/c1-33-16-8-4-15(5-9-16)20(30)35-13-18(10-28-11-19(29(31)32)27-21(28)23)34-12-14-2-6-17(7-3-14)36-22(24,25)26/h2-9,11,18H,10,12-13H2,1H3/t18-/m0/s1. The van der Waals surface area contributed by atoms with Gasteiger partial charge in [0, 0.05) is 0 Å². The van der Waals surface area contributed by atoms with Gasteiger partial charge in [-0.05, 0) is 63.5 Å². The van der Waals surface area contributed by atoms with Crippen molar-refractivity contribution >= 4 is 23.4 Å². The minimum absolute atomic E-state index is 0.0646. The normalized spacial score (nSPS) is 12.1. The number of methoxy groups -OCH3 is 1. The zero-order valence-corrected chi connectivity index (χ0v) is 19.4. The Kier molecular flexibility index (Phi) is 8.72. The topological polar surface area (TPSA) is 115 Å². The summed E-state index contributed by atoms with van der Waals surface area (Å²) in [6.07, 6.45) is -4.55. The van der Waals surface area contributed by atoms with E-state index < -0.39 is 34.9 Å². The molecule has 1 atom stereocenters. The number of imidazole rings is 1. The van der Waals surface area contributed by atoms with Crippen molar-refractivity contribution in [2.75, 3.05) is 13.7 Å². The van der Waals surface area contributed by atoms with Crippen LogP contribution in [0.5, 0.6) is 11.5 Å². The molecular weight excluding hydrogens is 511 g/mol. The van der Waals surface area contributed by atoms with Gasteiger partial charge in [-0.15, -0.1) is 13.2 Å². The molecule has 0 aliphatic rings. The number of carbonyl (C=O) groups is 1. The van der Waals surface area contributed by atoms with Crippen molar-refractivity contribution in [3.8, 4) is 11.5 Å². The molecule has 0 N–H and O–H groups in total. The van der Waals surface area contributed by atoms with E-state index >= 15 is 0 Å². The van der Waals surface area contributed by atoms with E-state index in [-0.39, 0.29) is 30.6 Å². The lowest BCUT2D eigenvalue weighted by Crippen LogP contribution is -2.27. The van der Waals surface area contributed by atoms with Crippen LogP contribution in [0.1, 0.15) is 15.9 Å². The zero-order chi connectivity index (χ0) is 26.3. The lowest BCUT2D eigenvalue weighted by molar-refractivity contribution is -0.389. The van der Waals surface area contributed by atoms with Crippen LogP contribution in [0.2, 0.25) is 5.28 Å². The Morgan fingerprint density at radius 2 is 1.78 bits per heavy atom. The molecule has 10 nitrogen and oxygen atoms in total. The van der Waals surface area contributed by atoms with Crippen molar-refractivity contribution in [3.05, 3.63) is 81.3 Å². The second kappa shape index (κ2) is 11.7. The van der Waals surface area contributed by atoms with E-state index in [4.69, 9.17) is 25.8 Å². The number of carbonyl (C=O) groups excluding carboxylic acids is 1. The third-order valence-electron chi connectivity index (χ3n) is 4.67. The summed E-state index contributed by atoms with van der Waals surface area (Å²) in [6.45, 7) is -0.404. The molecule has 0 aliphatic carbocycles. The van der Waals surface area contributed by atoms with Crippen LogP contribution in [0.15, 0.2) is 54.7 Å². The average Bonchev–Trinajstić information content (AvgIpc) is 3.21. The largest absolute Gasteiger partial charge is 0.573 e. The molecule has 36 heavy (non-hydrogen) atoms. The Balaban J connectivity index is 1.68. The van der Waals surface area contributed by atoms with Gasteiger partial charge < -0.3 is 29.1 Å². The van der Waals surface area contributed by atoms with Crippen LogP contribution in [0.4, 0.5) is 19.0 Å². The molecule has 1 aromatic heterocycles. The molecule has 3 rings (SSSR count). The highest BCUT2D eigenvalue weighted by Crippen LogP contribution is 2.23. The van der Waals surface area contributed by atoms with Gasteiger partial charge in [-0.25, -0.2) is 4.79 Å². The molecule has 2 aromatic carbocycles. The SMILES string of the molecule is COc1ccc(C(=O)OC[C@H](Cn2cc([N+](=O)[O-])nc2Cl)OCc2ccc(OC(F)(F)F)cc2)cc1. The molecule has 0 saturated heterocycles. The number of rotatable bonds is 11. The van der Waals surface area contributed by atoms with Crippen molar-refractivity contribution < 1.29 is 41.8 Å². The molecular formula is C22H19ClF3N3O7. The van der Waals surface area contributed by atoms with Crippen LogP contribution < -0.4 is 9.47 Å². The maximum absolute atomic E-state index is 12.4. The number of hydrogen-bond donors (Lipinski definition) is 0. The van der Waals surface area contributed by atoms with Crippen LogP contribution in [-0.4, -0.2) is 46.6 Å². The molecule has 14 heteroatoms. The number of ether oxygens (including phenoxy) is 4. The van der Waals surface area contributed by atoms with Crippen molar-refractivity contribution in [1.29, 1.82) is 0 Å². The van der Waals surface area contributed by atoms with Gasteiger partial charge in [0.05, 0.1) is 25.8 Å². The lowest BCUT2D eigenvalue weighted by Gasteiger charge is -2.19. The quantitative estimate of drug-likeness (QED) is 0.198. The molecule has 0 fully saturated rings. The van der Waals surface area contributed by atoms with Crippen LogP contribution >= 0.6 is 11.6 Å². The molecule has 0 unspecified atom stereocenters. The summed E-state index contributed by atoms with van der Waals surface area (Å²) in [5, 5.41) is 10.8. The van der Waals surface area contributed by atoms with E-state index in [1.165, 1.54) is 35.9 Å². The Morgan fingerprint density at radius 1 is 1.14 bits per heavy atom. The van der Waals surface area contributed by atoms with Gasteiger partial charge >= 0.3 is 23.4 Å². The lowest BCUT2D eigenvalue weighted by atomic mass is 10.2. The van der Waals surface area contributed by atoms with E-state index in [1.807, 2.05) is 0 Å². The fourth-order valence-corrected chi connectivity index (χ4v) is 3.15. The van der Waals surface area contributed by atoms with Crippen molar-refractivity contribution in [2.45, 2.75) is 25.6 Å². The fraction of sp³-hybridized carbons (Fsp3) is 0.273. The number of nitro groups is 1. The first-order valence-corrected chi connectivity index (χ1v) is 10.6. The van der Waals surface area contributed by atoms with Gasteiger partial charge in [-0.2, -0.15) is 0 Å². The van der Waals surface area contributed by atoms with E-state index in [1.54, 1.807) is 12.1 Å². The highest BCUT2D eigenvalue weighted by molar-refractivity contribution is 6.28. The third-order valence-corrected chi connectivity index (χ3v) is 4.97. The summed E-state index contributed by atoms with van der Waals surface area (Å²) in [6, 6.07) is 11.2. The summed E-state index contributed by atoms with van der Waals surface area (Å²) in [7, 11) is 1.48. The second-order valence-electron chi connectivity index (χ2n) is 7.23. The van der Waals surface area contributed by atoms with Crippen molar-refractivity contribution in [3.63, 3.8) is 0 Å². The summed E-state index contributed by atoms with van der Waals surface area (Å²) in [5.41, 5.74) is 0.754. The van der Waals surface area contributed by atoms with Gasteiger partial charge in [-0.3, -0.25) is 4.57 Å². The van der Waals surface area contributed by atoms with Crippen molar-refractivity contribution in [1.82, 2.24) is 9.55 Å². The molecule has 0 radical (unpaired) electrons. The van der Waals surface area contributed by atoms with Crippen LogP contribution in [0.25, 0.3) is 0 Å². The molecule has 0 spiro atoms. The molecule has 3 aromatic rings. The molecule has 192 valence electrons. The van der Waals surface area contributed by atoms with Crippen molar-refractivity contribution in [2.24, 2.45) is 0 Å². The van der Waals surface area contributed by atoms with Crippen LogP contribution in [-0.2, 0) is 22.6 Å². The highest BCUT2D eigenvalue weighted by atomic mass is 35.5. The van der Waals surface area contributed by atoms with Crippen LogP contribution in [0.3, 0.4) is 0 Å².